The summed E-state index contributed by atoms with van der Waals surface area (Å²) in [4.78, 5) is 41.4. The number of primary amides is 1. The molecule has 188 valence electrons. The summed E-state index contributed by atoms with van der Waals surface area (Å²) >= 11 is 0. The van der Waals surface area contributed by atoms with Crippen LogP contribution in [0, 0.1) is 0 Å². The summed E-state index contributed by atoms with van der Waals surface area (Å²) in [6.07, 6.45) is 1.17. The molecule has 0 unspecified atom stereocenters. The maximum absolute atomic E-state index is 12.9. The van der Waals surface area contributed by atoms with Crippen molar-refractivity contribution in [1.82, 2.24) is 5.32 Å². The Morgan fingerprint density at radius 1 is 0.917 bits per heavy atom. The second kappa shape index (κ2) is 12.3. The van der Waals surface area contributed by atoms with Crippen LogP contribution in [0.4, 0.5) is 5.69 Å². The van der Waals surface area contributed by atoms with E-state index < -0.39 is 29.8 Å². The van der Waals surface area contributed by atoms with E-state index in [0.29, 0.717) is 25.1 Å². The molecule has 0 radical (unpaired) electrons. The zero-order valence-corrected chi connectivity index (χ0v) is 19.8. The molecule has 10 nitrogen and oxygen atoms in total. The Labute approximate surface area is 209 Å². The number of guanidine groups is 1. The molecule has 0 aliphatic rings. The predicted molar refractivity (Wildman–Crippen MR) is 141 cm³/mol. The van der Waals surface area contributed by atoms with E-state index in [1.54, 1.807) is 18.2 Å². The number of nitrogens with zero attached hydrogens (tertiary/aromatic N) is 1. The van der Waals surface area contributed by atoms with Gasteiger partial charge >= 0.3 is 0 Å². The van der Waals surface area contributed by atoms with Crippen molar-refractivity contribution in [3.05, 3.63) is 77.9 Å². The molecular formula is C26H31N7O3. The lowest BCUT2D eigenvalue weighted by Gasteiger charge is -2.17. The molecule has 3 aromatic rings. The first-order valence-corrected chi connectivity index (χ1v) is 11.5. The van der Waals surface area contributed by atoms with E-state index in [2.05, 4.69) is 15.6 Å². The van der Waals surface area contributed by atoms with Crippen molar-refractivity contribution in [2.24, 2.45) is 27.9 Å². The van der Waals surface area contributed by atoms with Gasteiger partial charge in [-0.3, -0.25) is 19.4 Å². The molecule has 3 rings (SSSR count). The SMILES string of the molecule is NC(=O)[C@H](Cc1cccc2ccccc12)NC(=O)c1cccc(NC(=O)[C@@H](N)CCCN=C(N)N)c1. The number of hydrogen-bond acceptors (Lipinski definition) is 5. The van der Waals surface area contributed by atoms with Gasteiger partial charge in [0.1, 0.15) is 6.04 Å². The molecule has 0 saturated heterocycles. The standard InChI is InChI=1S/C26H31N7O3/c27-21(12-5-13-31-26(29)30)25(36)32-19-10-4-9-18(14-19)24(35)33-22(23(28)34)15-17-8-3-7-16-6-1-2-11-20(16)17/h1-4,6-11,14,21-22H,5,12-13,15,27H2,(H2,28,34)(H,32,36)(H,33,35)(H4,29,30,31)/t21-,22-/m0/s1. The molecule has 2 atom stereocenters. The Bertz CT molecular complexity index is 1270. The number of hydrogen-bond donors (Lipinski definition) is 6. The fourth-order valence-corrected chi connectivity index (χ4v) is 3.78. The Morgan fingerprint density at radius 3 is 2.39 bits per heavy atom. The second-order valence-corrected chi connectivity index (χ2v) is 8.40. The minimum Gasteiger partial charge on any atom is -0.370 e. The van der Waals surface area contributed by atoms with Crippen molar-refractivity contribution in [1.29, 1.82) is 0 Å². The van der Waals surface area contributed by atoms with E-state index in [1.807, 2.05) is 42.5 Å². The Hall–Kier alpha value is -4.44. The monoisotopic (exact) mass is 489 g/mol. The van der Waals surface area contributed by atoms with Gasteiger partial charge in [0, 0.05) is 24.2 Å². The molecule has 0 aliphatic carbocycles. The van der Waals surface area contributed by atoms with Crippen molar-refractivity contribution >= 4 is 40.1 Å². The maximum atomic E-state index is 12.9. The van der Waals surface area contributed by atoms with Crippen LogP contribution in [0.25, 0.3) is 10.8 Å². The van der Waals surface area contributed by atoms with Crippen LogP contribution in [0.5, 0.6) is 0 Å². The lowest BCUT2D eigenvalue weighted by Crippen LogP contribution is -2.45. The minimum atomic E-state index is -0.916. The van der Waals surface area contributed by atoms with Gasteiger partial charge in [-0.1, -0.05) is 48.5 Å². The molecule has 0 heterocycles. The molecule has 10 heteroatoms. The van der Waals surface area contributed by atoms with Gasteiger partial charge < -0.3 is 33.6 Å². The summed E-state index contributed by atoms with van der Waals surface area (Å²) in [6.45, 7) is 0.374. The van der Waals surface area contributed by atoms with Gasteiger partial charge in [0.2, 0.25) is 11.8 Å². The number of nitrogens with two attached hydrogens (primary N) is 4. The number of aliphatic imine (C=N–C) groups is 1. The zero-order chi connectivity index (χ0) is 26.1. The average molecular weight is 490 g/mol. The largest absolute Gasteiger partial charge is 0.370 e. The molecule has 3 aromatic carbocycles. The summed E-state index contributed by atoms with van der Waals surface area (Å²) < 4.78 is 0. The number of carbonyl (C=O) groups is 3. The van der Waals surface area contributed by atoms with Gasteiger partial charge in [0.05, 0.1) is 6.04 Å². The highest BCUT2D eigenvalue weighted by molar-refractivity contribution is 6.00. The third-order valence-corrected chi connectivity index (χ3v) is 5.65. The van der Waals surface area contributed by atoms with Gasteiger partial charge in [0.25, 0.3) is 5.91 Å². The summed E-state index contributed by atoms with van der Waals surface area (Å²) in [7, 11) is 0. The first-order valence-electron chi connectivity index (χ1n) is 11.5. The zero-order valence-electron chi connectivity index (χ0n) is 19.8. The molecule has 0 saturated carbocycles. The molecule has 0 spiro atoms. The fraction of sp³-hybridized carbons (Fsp3) is 0.231. The molecule has 0 bridgehead atoms. The molecule has 0 aliphatic heterocycles. The predicted octanol–water partition coefficient (Wildman–Crippen LogP) is 0.986. The molecule has 0 aromatic heterocycles. The van der Waals surface area contributed by atoms with E-state index in [0.717, 1.165) is 16.3 Å². The highest BCUT2D eigenvalue weighted by atomic mass is 16.2. The third-order valence-electron chi connectivity index (χ3n) is 5.65. The topological polar surface area (TPSA) is 192 Å². The van der Waals surface area contributed by atoms with Crippen LogP contribution in [0.3, 0.4) is 0 Å². The number of nitrogens with one attached hydrogen (secondary N) is 2. The summed E-state index contributed by atoms with van der Waals surface area (Å²) in [5, 5.41) is 7.43. The number of benzene rings is 3. The van der Waals surface area contributed by atoms with E-state index in [4.69, 9.17) is 22.9 Å². The van der Waals surface area contributed by atoms with Crippen LogP contribution in [-0.4, -0.2) is 42.3 Å². The molecule has 10 N–H and O–H groups in total. The van der Waals surface area contributed by atoms with Crippen LogP contribution in [0.1, 0.15) is 28.8 Å². The molecular weight excluding hydrogens is 458 g/mol. The molecule has 0 fully saturated rings. The van der Waals surface area contributed by atoms with Crippen molar-refractivity contribution in [3.8, 4) is 0 Å². The van der Waals surface area contributed by atoms with E-state index >= 15 is 0 Å². The fourth-order valence-electron chi connectivity index (χ4n) is 3.78. The summed E-state index contributed by atoms with van der Waals surface area (Å²) in [5.74, 6) is -1.55. The van der Waals surface area contributed by atoms with Gasteiger partial charge in [-0.15, -0.1) is 0 Å². The highest BCUT2D eigenvalue weighted by Gasteiger charge is 2.21. The van der Waals surface area contributed by atoms with Crippen molar-refractivity contribution in [3.63, 3.8) is 0 Å². The van der Waals surface area contributed by atoms with Gasteiger partial charge in [0.15, 0.2) is 5.96 Å². The van der Waals surface area contributed by atoms with Crippen LogP contribution in [-0.2, 0) is 16.0 Å². The van der Waals surface area contributed by atoms with Gasteiger partial charge in [-0.05, 0) is 47.4 Å². The van der Waals surface area contributed by atoms with Gasteiger partial charge in [-0.25, -0.2) is 0 Å². The smallest absolute Gasteiger partial charge is 0.252 e. The molecule has 3 amide bonds. The molecule has 36 heavy (non-hydrogen) atoms. The van der Waals surface area contributed by atoms with Crippen LogP contribution < -0.4 is 33.6 Å². The summed E-state index contributed by atoms with van der Waals surface area (Å²) in [6, 6.07) is 18.2. The Balaban J connectivity index is 1.64. The average Bonchev–Trinajstić information content (AvgIpc) is 2.86. The van der Waals surface area contributed by atoms with Crippen molar-refractivity contribution in [2.75, 3.05) is 11.9 Å². The number of carbonyl (C=O) groups excluding carboxylic acids is 3. The maximum Gasteiger partial charge on any atom is 0.252 e. The second-order valence-electron chi connectivity index (χ2n) is 8.40. The van der Waals surface area contributed by atoms with Gasteiger partial charge in [-0.2, -0.15) is 0 Å². The lowest BCUT2D eigenvalue weighted by molar-refractivity contribution is -0.120. The Kier molecular flexibility index (Phi) is 8.95. The number of fused-ring (bicyclic) bond motifs is 1. The van der Waals surface area contributed by atoms with E-state index in [-0.39, 0.29) is 17.9 Å². The van der Waals surface area contributed by atoms with E-state index in [9.17, 15) is 14.4 Å². The quantitative estimate of drug-likeness (QED) is 0.132. The van der Waals surface area contributed by atoms with Crippen LogP contribution in [0.15, 0.2) is 71.7 Å². The number of anilines is 1. The lowest BCUT2D eigenvalue weighted by atomic mass is 9.98. The number of rotatable bonds is 11. The first-order chi connectivity index (χ1) is 17.2. The van der Waals surface area contributed by atoms with E-state index in [1.165, 1.54) is 6.07 Å². The number of amides is 3. The third kappa shape index (κ3) is 7.28. The van der Waals surface area contributed by atoms with Crippen LogP contribution >= 0.6 is 0 Å². The normalized spacial score (nSPS) is 12.4. The Morgan fingerprint density at radius 2 is 1.64 bits per heavy atom. The van der Waals surface area contributed by atoms with Crippen molar-refractivity contribution < 1.29 is 14.4 Å². The van der Waals surface area contributed by atoms with Crippen molar-refractivity contribution in [2.45, 2.75) is 31.3 Å². The highest BCUT2D eigenvalue weighted by Crippen LogP contribution is 2.20. The van der Waals surface area contributed by atoms with Crippen LogP contribution in [0.2, 0.25) is 0 Å². The first kappa shape index (κ1) is 26.2. The minimum absolute atomic E-state index is 0.0150. The summed E-state index contributed by atoms with van der Waals surface area (Å²) in [5.41, 5.74) is 23.7.